The zero-order valence-corrected chi connectivity index (χ0v) is 22.2. The molecule has 7 nitrogen and oxygen atoms in total. The number of hydrogen-bond donors (Lipinski definition) is 0. The van der Waals surface area contributed by atoms with Crippen molar-refractivity contribution in [1.82, 2.24) is 19.6 Å². The summed E-state index contributed by atoms with van der Waals surface area (Å²) < 4.78 is 5.96. The summed E-state index contributed by atoms with van der Waals surface area (Å²) in [7, 11) is 2.19. The minimum Gasteiger partial charge on any atom is -0.436 e. The van der Waals surface area contributed by atoms with Gasteiger partial charge in [-0.05, 0) is 71.1 Å². The van der Waals surface area contributed by atoms with Crippen LogP contribution in [-0.2, 0) is 16.0 Å². The molecule has 1 aromatic carbocycles. The second-order valence-electron chi connectivity index (χ2n) is 11.1. The van der Waals surface area contributed by atoms with E-state index in [0.29, 0.717) is 44.6 Å². The monoisotopic (exact) mass is 484 g/mol. The number of hydrogen-bond acceptors (Lipinski definition) is 5. The van der Waals surface area contributed by atoms with Crippen LogP contribution in [0.3, 0.4) is 0 Å². The number of likely N-dealkylation sites (tertiary alicyclic amines) is 2. The molecule has 35 heavy (non-hydrogen) atoms. The summed E-state index contributed by atoms with van der Waals surface area (Å²) in [6.07, 6.45) is 3.68. The Morgan fingerprint density at radius 2 is 1.46 bits per heavy atom. The molecule has 1 aromatic rings. The average Bonchev–Trinajstić information content (AvgIpc) is 2.83. The Labute approximate surface area is 211 Å². The minimum atomic E-state index is -0.780. The summed E-state index contributed by atoms with van der Waals surface area (Å²) in [6, 6.07) is 6.95. The molecule has 0 aromatic heterocycles. The van der Waals surface area contributed by atoms with E-state index >= 15 is 0 Å². The van der Waals surface area contributed by atoms with Gasteiger partial charge < -0.3 is 19.4 Å². The smallest absolute Gasteiger partial charge is 0.410 e. The highest BCUT2D eigenvalue weighted by atomic mass is 16.6. The van der Waals surface area contributed by atoms with Gasteiger partial charge in [-0.15, -0.1) is 0 Å². The lowest BCUT2D eigenvalue weighted by Gasteiger charge is -2.42. The fraction of sp³-hybridized carbons (Fsp3) is 0.714. The first-order valence-electron chi connectivity index (χ1n) is 13.5. The molecule has 0 aliphatic carbocycles. The van der Waals surface area contributed by atoms with Gasteiger partial charge in [0.15, 0.2) is 6.10 Å². The topological polar surface area (TPSA) is 56.3 Å². The SMILES string of the molecule is Cc1cc(C)cc(C[C@@H](OC(=O)N2CCC(C)CC2)C(=O)N2CCN(C3CCN(C)CC3)CC2)c1. The summed E-state index contributed by atoms with van der Waals surface area (Å²) >= 11 is 0. The van der Waals surface area contributed by atoms with Gasteiger partial charge >= 0.3 is 6.09 Å². The van der Waals surface area contributed by atoms with Crippen LogP contribution in [0, 0.1) is 19.8 Å². The fourth-order valence-corrected chi connectivity index (χ4v) is 5.84. The van der Waals surface area contributed by atoms with Crippen LogP contribution >= 0.6 is 0 Å². The number of benzene rings is 1. The quantitative estimate of drug-likeness (QED) is 0.642. The van der Waals surface area contributed by atoms with E-state index in [1.165, 1.54) is 12.8 Å². The molecule has 194 valence electrons. The van der Waals surface area contributed by atoms with Crippen molar-refractivity contribution >= 4 is 12.0 Å². The third-order valence-electron chi connectivity index (χ3n) is 8.09. The lowest BCUT2D eigenvalue weighted by Crippen LogP contribution is -2.56. The zero-order valence-electron chi connectivity index (χ0n) is 22.2. The van der Waals surface area contributed by atoms with Crippen LogP contribution in [0.5, 0.6) is 0 Å². The van der Waals surface area contributed by atoms with Crippen molar-refractivity contribution in [3.05, 3.63) is 34.9 Å². The molecular weight excluding hydrogens is 440 g/mol. The van der Waals surface area contributed by atoms with E-state index in [-0.39, 0.29) is 12.0 Å². The van der Waals surface area contributed by atoms with Gasteiger partial charge in [0.25, 0.3) is 5.91 Å². The summed E-state index contributed by atoms with van der Waals surface area (Å²) in [5.41, 5.74) is 3.37. The van der Waals surface area contributed by atoms with Crippen molar-refractivity contribution in [2.75, 3.05) is 59.4 Å². The Hall–Kier alpha value is -2.12. The molecule has 2 amide bonds. The third-order valence-corrected chi connectivity index (χ3v) is 8.09. The van der Waals surface area contributed by atoms with Crippen molar-refractivity contribution in [3.63, 3.8) is 0 Å². The number of nitrogens with zero attached hydrogens (tertiary/aromatic N) is 4. The Morgan fingerprint density at radius 1 is 0.857 bits per heavy atom. The molecule has 3 fully saturated rings. The first-order valence-corrected chi connectivity index (χ1v) is 13.5. The summed E-state index contributed by atoms with van der Waals surface area (Å²) in [6.45, 7) is 13.3. The molecule has 0 saturated carbocycles. The normalized spacial score (nSPS) is 22.3. The molecule has 3 saturated heterocycles. The van der Waals surface area contributed by atoms with Gasteiger partial charge in [0, 0.05) is 51.7 Å². The second kappa shape index (κ2) is 11.7. The van der Waals surface area contributed by atoms with Gasteiger partial charge in [0.2, 0.25) is 0 Å². The van der Waals surface area contributed by atoms with E-state index in [9.17, 15) is 9.59 Å². The Bertz CT molecular complexity index is 847. The Balaban J connectivity index is 1.41. The molecule has 0 bridgehead atoms. The Morgan fingerprint density at radius 3 is 2.06 bits per heavy atom. The van der Waals surface area contributed by atoms with Gasteiger partial charge in [-0.1, -0.05) is 36.2 Å². The lowest BCUT2D eigenvalue weighted by atomic mass is 9.99. The van der Waals surface area contributed by atoms with Gasteiger partial charge in [-0.25, -0.2) is 4.79 Å². The predicted molar refractivity (Wildman–Crippen MR) is 139 cm³/mol. The number of amides is 2. The van der Waals surface area contributed by atoms with E-state index in [0.717, 1.165) is 55.7 Å². The standard InChI is InChI=1S/C28H44N4O3/c1-21-5-11-32(12-6-21)28(34)35-26(20-24-18-22(2)17-23(3)19-24)27(33)31-15-13-30(14-16-31)25-7-9-29(4)10-8-25/h17-19,21,25-26H,5-16,20H2,1-4H3/t26-/m1/s1. The van der Waals surface area contributed by atoms with E-state index in [4.69, 9.17) is 4.74 Å². The zero-order chi connectivity index (χ0) is 24.9. The summed E-state index contributed by atoms with van der Waals surface area (Å²) in [5.74, 6) is 0.582. The van der Waals surface area contributed by atoms with Gasteiger partial charge in [0.1, 0.15) is 0 Å². The number of ether oxygens (including phenoxy) is 1. The largest absolute Gasteiger partial charge is 0.436 e. The molecule has 3 heterocycles. The molecule has 7 heteroatoms. The number of aryl methyl sites for hydroxylation is 2. The first kappa shape index (κ1) is 26.0. The molecule has 0 spiro atoms. The van der Waals surface area contributed by atoms with Crippen LogP contribution in [0.25, 0.3) is 0 Å². The molecule has 3 aliphatic rings. The van der Waals surface area contributed by atoms with Crippen LogP contribution in [0.4, 0.5) is 4.79 Å². The lowest BCUT2D eigenvalue weighted by molar-refractivity contribution is -0.143. The molecule has 0 N–H and O–H groups in total. The maximum Gasteiger partial charge on any atom is 0.410 e. The number of piperazine rings is 1. The first-order chi connectivity index (χ1) is 16.8. The Kier molecular flexibility index (Phi) is 8.71. The third kappa shape index (κ3) is 6.98. The van der Waals surface area contributed by atoms with E-state index in [2.05, 4.69) is 55.8 Å². The average molecular weight is 485 g/mol. The highest BCUT2D eigenvalue weighted by molar-refractivity contribution is 5.84. The van der Waals surface area contributed by atoms with E-state index < -0.39 is 6.10 Å². The number of rotatable bonds is 5. The highest BCUT2D eigenvalue weighted by Gasteiger charge is 2.34. The minimum absolute atomic E-state index is 0.0501. The second-order valence-corrected chi connectivity index (χ2v) is 11.1. The molecule has 0 unspecified atom stereocenters. The van der Waals surface area contributed by atoms with Crippen LogP contribution in [0.2, 0.25) is 0 Å². The van der Waals surface area contributed by atoms with Crippen LogP contribution < -0.4 is 0 Å². The maximum atomic E-state index is 13.7. The van der Waals surface area contributed by atoms with E-state index in [1.807, 2.05) is 4.90 Å². The van der Waals surface area contributed by atoms with Gasteiger partial charge in [0.05, 0.1) is 0 Å². The molecule has 0 radical (unpaired) electrons. The summed E-state index contributed by atoms with van der Waals surface area (Å²) in [4.78, 5) is 35.4. The highest BCUT2D eigenvalue weighted by Crippen LogP contribution is 2.21. The molecule has 1 atom stereocenters. The molecule has 3 aliphatic heterocycles. The molecule has 4 rings (SSSR count). The number of piperidine rings is 2. The van der Waals surface area contributed by atoms with Gasteiger partial charge in [-0.3, -0.25) is 9.69 Å². The fourth-order valence-electron chi connectivity index (χ4n) is 5.84. The van der Waals surface area contributed by atoms with Crippen molar-refractivity contribution in [2.45, 2.75) is 65.0 Å². The van der Waals surface area contributed by atoms with Crippen LogP contribution in [0.1, 0.15) is 49.3 Å². The van der Waals surface area contributed by atoms with Gasteiger partial charge in [-0.2, -0.15) is 0 Å². The summed E-state index contributed by atoms with van der Waals surface area (Å²) in [5, 5.41) is 0. The molecular formula is C28H44N4O3. The number of carbonyl (C=O) groups is 2. The van der Waals surface area contributed by atoms with Crippen LogP contribution in [-0.4, -0.2) is 103 Å². The van der Waals surface area contributed by atoms with Crippen molar-refractivity contribution < 1.29 is 14.3 Å². The van der Waals surface area contributed by atoms with Crippen molar-refractivity contribution in [1.29, 1.82) is 0 Å². The predicted octanol–water partition coefficient (Wildman–Crippen LogP) is 3.32. The number of carbonyl (C=O) groups excluding carboxylic acids is 2. The van der Waals surface area contributed by atoms with E-state index in [1.54, 1.807) is 4.90 Å². The van der Waals surface area contributed by atoms with Crippen molar-refractivity contribution in [3.8, 4) is 0 Å². The maximum absolute atomic E-state index is 13.7. The van der Waals surface area contributed by atoms with Crippen LogP contribution in [0.15, 0.2) is 18.2 Å². The van der Waals surface area contributed by atoms with Crippen molar-refractivity contribution in [2.24, 2.45) is 5.92 Å².